The van der Waals surface area contributed by atoms with E-state index < -0.39 is 47.0 Å². The number of hydrogen-bond acceptors (Lipinski definition) is 0. The Bertz CT molecular complexity index is 844. The molecule has 0 saturated carbocycles. The van der Waals surface area contributed by atoms with Crippen LogP contribution in [0.25, 0.3) is 0 Å². The van der Waals surface area contributed by atoms with Crippen molar-refractivity contribution in [1.82, 2.24) is 0 Å². The monoisotopic (exact) mass is 729 g/mol. The Morgan fingerprint density at radius 1 is 0.459 bits per heavy atom. The Hall–Kier alpha value is -2.23. The third-order valence-corrected chi connectivity index (χ3v) is 4.20. The standard InChI is InChI=1S/2C8H3F6.C8H12.Pt/c2*9-7(10,11)5-2-1-3-6(4-5)8(12,13)14;1-2-4-6-8-7-5-3-1;/h2*1-2,4H;1-2,7-8H,3-6H2;/q2*-1;;+2. The van der Waals surface area contributed by atoms with E-state index in [9.17, 15) is 52.7 Å². The zero-order valence-electron chi connectivity index (χ0n) is 18.5. The first kappa shape index (κ1) is 34.8. The van der Waals surface area contributed by atoms with Gasteiger partial charge in [0.15, 0.2) is 0 Å². The first-order chi connectivity index (χ1) is 16.4. The Kier molecular flexibility index (Phi) is 13.8. The van der Waals surface area contributed by atoms with Crippen LogP contribution in [0.2, 0.25) is 0 Å². The van der Waals surface area contributed by atoms with Crippen LogP contribution in [0, 0.1) is 12.1 Å². The Balaban J connectivity index is 0.000000538. The normalized spacial score (nSPS) is 14.2. The fraction of sp³-hybridized carbons (Fsp3) is 0.333. The summed E-state index contributed by atoms with van der Waals surface area (Å²) in [6, 6.07) is 5.73. The molecule has 208 valence electrons. The molecule has 0 aliphatic heterocycles. The van der Waals surface area contributed by atoms with Gasteiger partial charge in [0.1, 0.15) is 0 Å². The molecule has 0 radical (unpaired) electrons. The van der Waals surface area contributed by atoms with Crippen molar-refractivity contribution < 1.29 is 73.8 Å². The average molecular weight is 729 g/mol. The van der Waals surface area contributed by atoms with Crippen molar-refractivity contribution in [3.05, 3.63) is 95.1 Å². The second-order valence-electron chi connectivity index (χ2n) is 7.07. The Morgan fingerprint density at radius 2 is 0.730 bits per heavy atom. The number of alkyl halides is 12. The van der Waals surface area contributed by atoms with Crippen molar-refractivity contribution in [2.24, 2.45) is 0 Å². The van der Waals surface area contributed by atoms with Gasteiger partial charge in [-0.1, -0.05) is 46.6 Å². The number of halogens is 12. The molecule has 0 nitrogen and oxygen atoms in total. The smallest absolute Gasteiger partial charge is 0.176 e. The Labute approximate surface area is 219 Å². The first-order valence-electron chi connectivity index (χ1n) is 10.0. The van der Waals surface area contributed by atoms with Crippen molar-refractivity contribution in [2.75, 3.05) is 0 Å². The fourth-order valence-electron chi connectivity index (χ4n) is 2.47. The van der Waals surface area contributed by atoms with Crippen LogP contribution >= 0.6 is 0 Å². The Morgan fingerprint density at radius 3 is 0.946 bits per heavy atom. The van der Waals surface area contributed by atoms with Gasteiger partial charge in [0, 0.05) is 0 Å². The molecule has 0 bridgehead atoms. The van der Waals surface area contributed by atoms with Gasteiger partial charge < -0.3 is 0 Å². The van der Waals surface area contributed by atoms with E-state index in [-0.39, 0.29) is 33.2 Å². The summed E-state index contributed by atoms with van der Waals surface area (Å²) in [5, 5.41) is 0. The molecule has 0 heterocycles. The van der Waals surface area contributed by atoms with E-state index in [4.69, 9.17) is 0 Å². The van der Waals surface area contributed by atoms with Crippen LogP contribution < -0.4 is 0 Å². The van der Waals surface area contributed by atoms with E-state index in [1.54, 1.807) is 12.1 Å². The predicted octanol–water partition coefficient (Wildman–Crippen LogP) is 9.72. The second kappa shape index (κ2) is 14.6. The number of rotatable bonds is 0. The molecule has 2 aromatic carbocycles. The quantitative estimate of drug-likeness (QED) is 0.144. The summed E-state index contributed by atoms with van der Waals surface area (Å²) < 4.78 is 144. The van der Waals surface area contributed by atoms with E-state index in [0.717, 1.165) is 0 Å². The van der Waals surface area contributed by atoms with E-state index in [2.05, 4.69) is 24.3 Å². The van der Waals surface area contributed by atoms with Crippen LogP contribution in [-0.4, -0.2) is 0 Å². The molecule has 37 heavy (non-hydrogen) atoms. The first-order valence-corrected chi connectivity index (χ1v) is 10.0. The molecular weight excluding hydrogens is 711 g/mol. The minimum Gasteiger partial charge on any atom is -0.176 e. The predicted molar refractivity (Wildman–Crippen MR) is 107 cm³/mol. The molecule has 0 atom stereocenters. The summed E-state index contributed by atoms with van der Waals surface area (Å²) in [5.41, 5.74) is -5.51. The molecule has 1 aliphatic carbocycles. The zero-order chi connectivity index (χ0) is 27.6. The van der Waals surface area contributed by atoms with E-state index in [1.807, 2.05) is 0 Å². The molecule has 0 saturated heterocycles. The van der Waals surface area contributed by atoms with Gasteiger partial charge in [0.2, 0.25) is 0 Å². The molecule has 2 aromatic rings. The van der Waals surface area contributed by atoms with Gasteiger partial charge in [0.25, 0.3) is 0 Å². The van der Waals surface area contributed by atoms with Crippen LogP contribution in [0.15, 0.2) is 60.7 Å². The van der Waals surface area contributed by atoms with Crippen molar-refractivity contribution >= 4 is 0 Å². The van der Waals surface area contributed by atoms with Crippen molar-refractivity contribution in [3.63, 3.8) is 0 Å². The van der Waals surface area contributed by atoms with E-state index in [1.165, 1.54) is 25.7 Å². The maximum Gasteiger partial charge on any atom is 2.00 e. The van der Waals surface area contributed by atoms with Gasteiger partial charge in [-0.05, 0) is 25.7 Å². The van der Waals surface area contributed by atoms with Gasteiger partial charge >= 0.3 is 45.8 Å². The molecule has 0 fully saturated rings. The molecule has 0 unspecified atom stereocenters. The van der Waals surface area contributed by atoms with E-state index in [0.29, 0.717) is 24.3 Å². The van der Waals surface area contributed by atoms with Crippen LogP contribution in [-0.2, 0) is 45.8 Å². The maximum atomic E-state index is 12.0. The topological polar surface area (TPSA) is 0 Å². The molecule has 0 N–H and O–H groups in total. The second-order valence-corrected chi connectivity index (χ2v) is 7.07. The number of allylic oxidation sites excluding steroid dienone is 4. The van der Waals surface area contributed by atoms with Crippen LogP contribution in [0.4, 0.5) is 52.7 Å². The maximum absolute atomic E-state index is 12.0. The third kappa shape index (κ3) is 13.8. The number of hydrogen-bond donors (Lipinski definition) is 0. The van der Waals surface area contributed by atoms with Gasteiger partial charge in [-0.25, -0.2) is 0 Å². The minimum absolute atomic E-state index is 0. The molecule has 0 spiro atoms. The summed E-state index contributed by atoms with van der Waals surface area (Å²) in [6.45, 7) is 0. The molecule has 0 aromatic heterocycles. The van der Waals surface area contributed by atoms with Crippen LogP contribution in [0.5, 0.6) is 0 Å². The van der Waals surface area contributed by atoms with Crippen LogP contribution in [0.1, 0.15) is 47.9 Å². The largest absolute Gasteiger partial charge is 2.00 e. The summed E-state index contributed by atoms with van der Waals surface area (Å²) in [4.78, 5) is 0. The van der Waals surface area contributed by atoms with Crippen molar-refractivity contribution in [2.45, 2.75) is 50.4 Å². The van der Waals surface area contributed by atoms with Gasteiger partial charge in [0.05, 0.1) is 0 Å². The zero-order valence-corrected chi connectivity index (χ0v) is 20.7. The SMILES string of the molecule is C1=CCCC=CCC1.FC(F)(F)c1[c-]ccc(C(F)(F)F)c1.FC(F)(F)c1[c-]ccc(C(F)(F)F)c1.[Pt+2]. The van der Waals surface area contributed by atoms with E-state index >= 15 is 0 Å². The molecule has 3 rings (SSSR count). The average Bonchev–Trinajstić information content (AvgIpc) is 2.72. The van der Waals surface area contributed by atoms with Crippen molar-refractivity contribution in [1.29, 1.82) is 0 Å². The number of benzene rings is 2. The molecule has 0 amide bonds. The minimum atomic E-state index is -4.80. The summed E-state index contributed by atoms with van der Waals surface area (Å²) in [5.74, 6) is 0. The summed E-state index contributed by atoms with van der Waals surface area (Å²) in [6.07, 6.45) is -5.15. The third-order valence-electron chi connectivity index (χ3n) is 4.20. The van der Waals surface area contributed by atoms with Gasteiger partial charge in [-0.2, -0.15) is 89.1 Å². The van der Waals surface area contributed by atoms with Gasteiger partial charge in [-0.15, -0.1) is 12.1 Å². The fourth-order valence-corrected chi connectivity index (χ4v) is 2.47. The van der Waals surface area contributed by atoms with Crippen molar-refractivity contribution in [3.8, 4) is 0 Å². The molecule has 1 aliphatic rings. The molecule has 13 heteroatoms. The summed E-state index contributed by atoms with van der Waals surface area (Å²) in [7, 11) is 0. The molecular formula is C24H18F12Pt. The van der Waals surface area contributed by atoms with Crippen LogP contribution in [0.3, 0.4) is 0 Å². The summed E-state index contributed by atoms with van der Waals surface area (Å²) >= 11 is 0. The van der Waals surface area contributed by atoms with Gasteiger partial charge in [-0.3, -0.25) is 0 Å².